The van der Waals surface area contributed by atoms with E-state index in [1.165, 1.54) is 0 Å². The molecule has 0 spiro atoms. The van der Waals surface area contributed by atoms with Crippen molar-refractivity contribution in [2.75, 3.05) is 6.61 Å². The highest BCUT2D eigenvalue weighted by Gasteiger charge is 2.41. The second-order valence-corrected chi connectivity index (χ2v) is 3.81. The summed E-state index contributed by atoms with van der Waals surface area (Å²) in [7, 11) is 0. The summed E-state index contributed by atoms with van der Waals surface area (Å²) in [6, 6.07) is 2.14. The maximum absolute atomic E-state index is 11.9. The normalized spacial score (nSPS) is 15.1. The van der Waals surface area contributed by atoms with Crippen LogP contribution in [0.15, 0.2) is 11.6 Å². The van der Waals surface area contributed by atoms with Gasteiger partial charge in [0.25, 0.3) is 0 Å². The van der Waals surface area contributed by atoms with Crippen LogP contribution in [0.2, 0.25) is 0 Å². The molecule has 0 fully saturated rings. The zero-order chi connectivity index (χ0) is 12.6. The number of hydrogen-bond acceptors (Lipinski definition) is 3. The van der Waals surface area contributed by atoms with E-state index in [-0.39, 0.29) is 0 Å². The standard InChI is InChI=1S/C13H21NO2/c1-5-8-9-13(10-14,11(4)6-2)12(15)16-7-3/h6H,5,7-9H2,1-4H3/b11-6+/t13-/m1/s1. The Labute approximate surface area is 98.1 Å². The quantitative estimate of drug-likeness (QED) is 0.513. The van der Waals surface area contributed by atoms with Gasteiger partial charge >= 0.3 is 5.97 Å². The molecule has 0 saturated carbocycles. The Hall–Kier alpha value is -1.30. The number of ether oxygens (including phenoxy) is 1. The minimum absolute atomic E-state index is 0.311. The maximum atomic E-state index is 11.9. The van der Waals surface area contributed by atoms with Crippen molar-refractivity contribution in [1.29, 1.82) is 5.26 Å². The molecule has 0 radical (unpaired) electrons. The summed E-state index contributed by atoms with van der Waals surface area (Å²) in [5.74, 6) is -0.415. The van der Waals surface area contributed by atoms with Crippen molar-refractivity contribution in [1.82, 2.24) is 0 Å². The molecule has 0 aromatic rings. The summed E-state index contributed by atoms with van der Waals surface area (Å²) in [5, 5.41) is 9.31. The molecule has 0 aliphatic carbocycles. The third kappa shape index (κ3) is 3.10. The fourth-order valence-electron chi connectivity index (χ4n) is 1.59. The number of esters is 1. The third-order valence-electron chi connectivity index (χ3n) is 2.83. The largest absolute Gasteiger partial charge is 0.465 e. The monoisotopic (exact) mass is 223 g/mol. The van der Waals surface area contributed by atoms with E-state index in [1.807, 2.05) is 26.8 Å². The Bertz CT molecular complexity index is 302. The van der Waals surface area contributed by atoms with Crippen LogP contribution in [-0.4, -0.2) is 12.6 Å². The molecule has 0 aliphatic rings. The molecular weight excluding hydrogens is 202 g/mol. The van der Waals surface area contributed by atoms with Gasteiger partial charge in [0.15, 0.2) is 5.41 Å². The van der Waals surface area contributed by atoms with Crippen molar-refractivity contribution in [2.45, 2.75) is 47.0 Å². The van der Waals surface area contributed by atoms with E-state index in [9.17, 15) is 10.1 Å². The van der Waals surface area contributed by atoms with Crippen LogP contribution in [0, 0.1) is 16.7 Å². The van der Waals surface area contributed by atoms with Gasteiger partial charge in [-0.3, -0.25) is 0 Å². The number of allylic oxidation sites excluding steroid dienone is 1. The average Bonchev–Trinajstić information content (AvgIpc) is 2.30. The Balaban J connectivity index is 5.13. The highest BCUT2D eigenvalue weighted by molar-refractivity contribution is 5.83. The van der Waals surface area contributed by atoms with Gasteiger partial charge in [-0.1, -0.05) is 25.8 Å². The van der Waals surface area contributed by atoms with Crippen LogP contribution in [0.3, 0.4) is 0 Å². The molecule has 0 unspecified atom stereocenters. The lowest BCUT2D eigenvalue weighted by atomic mass is 9.77. The van der Waals surface area contributed by atoms with Crippen molar-refractivity contribution < 1.29 is 9.53 Å². The minimum atomic E-state index is -1.08. The summed E-state index contributed by atoms with van der Waals surface area (Å²) >= 11 is 0. The lowest BCUT2D eigenvalue weighted by Gasteiger charge is -2.25. The maximum Gasteiger partial charge on any atom is 0.330 e. The fourth-order valence-corrected chi connectivity index (χ4v) is 1.59. The van der Waals surface area contributed by atoms with E-state index in [0.717, 1.165) is 18.4 Å². The van der Waals surface area contributed by atoms with Crippen molar-refractivity contribution in [3.8, 4) is 6.07 Å². The minimum Gasteiger partial charge on any atom is -0.465 e. The number of carbonyl (C=O) groups is 1. The van der Waals surface area contributed by atoms with Crippen LogP contribution in [0.1, 0.15) is 47.0 Å². The molecule has 1 atom stereocenters. The van der Waals surface area contributed by atoms with Gasteiger partial charge in [-0.25, -0.2) is 4.79 Å². The number of hydrogen-bond donors (Lipinski definition) is 0. The second kappa shape index (κ2) is 7.05. The van der Waals surface area contributed by atoms with E-state index in [0.29, 0.717) is 13.0 Å². The van der Waals surface area contributed by atoms with E-state index in [1.54, 1.807) is 6.92 Å². The topological polar surface area (TPSA) is 50.1 Å². The van der Waals surface area contributed by atoms with Crippen molar-refractivity contribution >= 4 is 5.97 Å². The van der Waals surface area contributed by atoms with Gasteiger partial charge in [0.05, 0.1) is 12.7 Å². The lowest BCUT2D eigenvalue weighted by Crippen LogP contribution is -2.33. The molecule has 0 heterocycles. The molecule has 0 aromatic carbocycles. The number of unbranched alkanes of at least 4 members (excludes halogenated alkanes) is 1. The first-order chi connectivity index (χ1) is 7.58. The van der Waals surface area contributed by atoms with Gasteiger partial charge in [0.2, 0.25) is 0 Å². The van der Waals surface area contributed by atoms with E-state index < -0.39 is 11.4 Å². The molecular formula is C13H21NO2. The summed E-state index contributed by atoms with van der Waals surface area (Å²) in [6.45, 7) is 7.76. The van der Waals surface area contributed by atoms with Crippen LogP contribution in [0.5, 0.6) is 0 Å². The van der Waals surface area contributed by atoms with Crippen molar-refractivity contribution in [3.05, 3.63) is 11.6 Å². The molecule has 3 heteroatoms. The van der Waals surface area contributed by atoms with Crippen molar-refractivity contribution in [2.24, 2.45) is 5.41 Å². The Morgan fingerprint density at radius 1 is 1.50 bits per heavy atom. The van der Waals surface area contributed by atoms with Gasteiger partial charge in [0, 0.05) is 0 Å². The molecule has 0 bridgehead atoms. The first kappa shape index (κ1) is 14.7. The third-order valence-corrected chi connectivity index (χ3v) is 2.83. The predicted octanol–water partition coefficient (Wildman–Crippen LogP) is 3.22. The van der Waals surface area contributed by atoms with Crippen molar-refractivity contribution in [3.63, 3.8) is 0 Å². The molecule has 0 rings (SSSR count). The average molecular weight is 223 g/mol. The van der Waals surface area contributed by atoms with Gasteiger partial charge in [-0.2, -0.15) is 5.26 Å². The van der Waals surface area contributed by atoms with Crippen LogP contribution in [0.4, 0.5) is 0 Å². The summed E-state index contributed by atoms with van der Waals surface area (Å²) < 4.78 is 5.02. The predicted molar refractivity (Wildman–Crippen MR) is 63.6 cm³/mol. The van der Waals surface area contributed by atoms with E-state index in [4.69, 9.17) is 4.74 Å². The molecule has 0 aromatic heterocycles. The number of carbonyl (C=O) groups excluding carboxylic acids is 1. The lowest BCUT2D eigenvalue weighted by molar-refractivity contribution is -0.150. The number of rotatable bonds is 6. The van der Waals surface area contributed by atoms with E-state index in [2.05, 4.69) is 6.07 Å². The molecule has 0 saturated heterocycles. The molecule has 0 N–H and O–H groups in total. The highest BCUT2D eigenvalue weighted by atomic mass is 16.5. The Kier molecular flexibility index (Phi) is 6.48. The summed E-state index contributed by atoms with van der Waals surface area (Å²) in [4.78, 5) is 11.9. The van der Waals surface area contributed by atoms with Gasteiger partial charge < -0.3 is 4.74 Å². The zero-order valence-electron chi connectivity index (χ0n) is 10.7. The number of nitrogens with zero attached hydrogens (tertiary/aromatic N) is 1. The smallest absolute Gasteiger partial charge is 0.330 e. The van der Waals surface area contributed by atoms with Crippen LogP contribution in [-0.2, 0) is 9.53 Å². The molecule has 90 valence electrons. The first-order valence-electron chi connectivity index (χ1n) is 5.80. The Morgan fingerprint density at radius 3 is 2.50 bits per heavy atom. The SMILES string of the molecule is C/C=C(\C)[C@](C#N)(CCCC)C(=O)OCC. The van der Waals surface area contributed by atoms with Gasteiger partial charge in [0.1, 0.15) is 0 Å². The second-order valence-electron chi connectivity index (χ2n) is 3.81. The van der Waals surface area contributed by atoms with Crippen LogP contribution < -0.4 is 0 Å². The summed E-state index contributed by atoms with van der Waals surface area (Å²) in [5.41, 5.74) is -0.303. The Morgan fingerprint density at radius 2 is 2.12 bits per heavy atom. The van der Waals surface area contributed by atoms with Gasteiger partial charge in [-0.05, 0) is 32.8 Å². The fraction of sp³-hybridized carbons (Fsp3) is 0.692. The van der Waals surface area contributed by atoms with Crippen LogP contribution in [0.25, 0.3) is 0 Å². The summed E-state index contributed by atoms with van der Waals surface area (Å²) in [6.07, 6.45) is 4.15. The van der Waals surface area contributed by atoms with E-state index >= 15 is 0 Å². The zero-order valence-corrected chi connectivity index (χ0v) is 10.7. The molecule has 3 nitrogen and oxygen atoms in total. The molecule has 0 amide bonds. The van der Waals surface area contributed by atoms with Crippen LogP contribution >= 0.6 is 0 Å². The molecule has 16 heavy (non-hydrogen) atoms. The van der Waals surface area contributed by atoms with Gasteiger partial charge in [-0.15, -0.1) is 0 Å². The molecule has 0 aliphatic heterocycles. The number of nitriles is 1. The highest BCUT2D eigenvalue weighted by Crippen LogP contribution is 2.34. The first-order valence-corrected chi connectivity index (χ1v) is 5.80.